The van der Waals surface area contributed by atoms with E-state index in [2.05, 4.69) is 21.0 Å². The van der Waals surface area contributed by atoms with Gasteiger partial charge in [0.05, 0.1) is 25.2 Å². The van der Waals surface area contributed by atoms with Crippen LogP contribution in [0.1, 0.15) is 17.5 Å². The summed E-state index contributed by atoms with van der Waals surface area (Å²) in [6.45, 7) is 0.159. The molecule has 2 amide bonds. The lowest BCUT2D eigenvalue weighted by Crippen LogP contribution is -2.28. The third-order valence-corrected chi connectivity index (χ3v) is 7.87. The first-order chi connectivity index (χ1) is 15.9. The van der Waals surface area contributed by atoms with Gasteiger partial charge in [-0.15, -0.1) is 0 Å². The maximum Gasteiger partial charge on any atom is 0.254 e. The molecule has 4 atom stereocenters. The predicted octanol–water partition coefficient (Wildman–Crippen LogP) is 4.97. The minimum atomic E-state index is -0.330. The van der Waals surface area contributed by atoms with E-state index in [-0.39, 0.29) is 52.9 Å². The number of nitrogens with zero attached hydrogens (tertiary/aromatic N) is 2. The van der Waals surface area contributed by atoms with E-state index >= 15 is 0 Å². The molecule has 1 saturated heterocycles. The van der Waals surface area contributed by atoms with Crippen molar-refractivity contribution in [3.63, 3.8) is 0 Å². The number of hydrogen-bond donors (Lipinski definition) is 0. The van der Waals surface area contributed by atoms with Crippen molar-refractivity contribution in [1.82, 2.24) is 5.01 Å². The van der Waals surface area contributed by atoms with Crippen LogP contribution in [0.25, 0.3) is 0 Å². The van der Waals surface area contributed by atoms with Crippen LogP contribution in [0, 0.1) is 29.5 Å². The molecule has 33 heavy (non-hydrogen) atoms. The second-order valence-electron chi connectivity index (χ2n) is 8.27. The number of allylic oxidation sites excluding steroid dienone is 2. The Balaban J connectivity index is 1.37. The number of hydrazone groups is 1. The minimum absolute atomic E-state index is 0.121. The third kappa shape index (κ3) is 3.75. The molecule has 2 aromatic rings. The molecule has 1 saturated carbocycles. The van der Waals surface area contributed by atoms with Crippen LogP contribution in [0.15, 0.2) is 52.1 Å². The van der Waals surface area contributed by atoms with E-state index in [9.17, 15) is 14.0 Å². The summed E-state index contributed by atoms with van der Waals surface area (Å²) < 4.78 is 24.9. The van der Waals surface area contributed by atoms with Crippen molar-refractivity contribution in [3.05, 3.63) is 68.9 Å². The Hall–Kier alpha value is -2.71. The van der Waals surface area contributed by atoms with Crippen LogP contribution < -0.4 is 9.47 Å². The van der Waals surface area contributed by atoms with Crippen molar-refractivity contribution in [2.24, 2.45) is 28.8 Å². The number of amides is 2. The molecule has 2 aliphatic carbocycles. The normalized spacial score (nSPS) is 25.4. The van der Waals surface area contributed by atoms with Crippen LogP contribution in [0.4, 0.5) is 4.39 Å². The molecule has 170 valence electrons. The van der Waals surface area contributed by atoms with Crippen LogP contribution in [-0.4, -0.2) is 30.1 Å². The van der Waals surface area contributed by atoms with E-state index in [1.165, 1.54) is 25.5 Å². The van der Waals surface area contributed by atoms with Crippen molar-refractivity contribution in [2.45, 2.75) is 13.0 Å². The SMILES string of the molecule is COc1cc(C=NN2C(=O)[C@@H]3[C@H](C2=O)[C@H]2C=C[C@H]3C2)c(Br)c(Cl)c1OCc1ccc(F)cc1. The molecule has 0 spiro atoms. The Kier molecular flexibility index (Phi) is 5.74. The number of carbonyl (C=O) groups excluding carboxylic acids is 2. The zero-order chi connectivity index (χ0) is 23.3. The number of fused-ring (bicyclic) bond motifs is 5. The highest BCUT2D eigenvalue weighted by molar-refractivity contribution is 9.10. The molecule has 2 aromatic carbocycles. The average molecular weight is 534 g/mol. The summed E-state index contributed by atoms with van der Waals surface area (Å²) in [6, 6.07) is 7.59. The molecule has 6 nitrogen and oxygen atoms in total. The Labute approximate surface area is 203 Å². The van der Waals surface area contributed by atoms with Crippen LogP contribution in [0.5, 0.6) is 11.5 Å². The highest BCUT2D eigenvalue weighted by Crippen LogP contribution is 2.52. The lowest BCUT2D eigenvalue weighted by molar-refractivity contribution is -0.140. The highest BCUT2D eigenvalue weighted by atomic mass is 79.9. The third-order valence-electron chi connectivity index (χ3n) is 6.43. The number of carbonyl (C=O) groups is 2. The maximum atomic E-state index is 13.1. The second kappa shape index (κ2) is 8.57. The number of imide groups is 1. The van der Waals surface area contributed by atoms with E-state index in [0.29, 0.717) is 21.5 Å². The van der Waals surface area contributed by atoms with Crippen LogP contribution in [0.2, 0.25) is 5.02 Å². The van der Waals surface area contributed by atoms with Crippen molar-refractivity contribution in [2.75, 3.05) is 7.11 Å². The Bertz CT molecular complexity index is 1170. The van der Waals surface area contributed by atoms with Gasteiger partial charge in [0.2, 0.25) is 0 Å². The molecule has 0 radical (unpaired) electrons. The first kappa shape index (κ1) is 22.1. The molecule has 5 rings (SSSR count). The van der Waals surface area contributed by atoms with E-state index in [1.54, 1.807) is 18.2 Å². The maximum absolute atomic E-state index is 13.1. The van der Waals surface area contributed by atoms with Crippen molar-refractivity contribution >= 4 is 45.6 Å². The molecular formula is C24H19BrClFN2O4. The largest absolute Gasteiger partial charge is 0.493 e. The van der Waals surface area contributed by atoms with Gasteiger partial charge in [0.15, 0.2) is 11.5 Å². The fraction of sp³-hybridized carbons (Fsp3) is 0.292. The molecule has 2 bridgehead atoms. The van der Waals surface area contributed by atoms with Gasteiger partial charge < -0.3 is 9.47 Å². The quantitative estimate of drug-likeness (QED) is 0.299. The summed E-state index contributed by atoms with van der Waals surface area (Å²) in [6.07, 6.45) is 6.35. The van der Waals surface area contributed by atoms with Gasteiger partial charge in [-0.25, -0.2) is 4.39 Å². The van der Waals surface area contributed by atoms with Crippen LogP contribution >= 0.6 is 27.5 Å². The number of benzene rings is 2. The number of ether oxygens (including phenoxy) is 2. The van der Waals surface area contributed by atoms with Gasteiger partial charge in [0, 0.05) is 10.0 Å². The number of methoxy groups -OCH3 is 1. The molecule has 0 unspecified atom stereocenters. The Morgan fingerprint density at radius 1 is 1.18 bits per heavy atom. The summed E-state index contributed by atoms with van der Waals surface area (Å²) in [5, 5.41) is 5.43. The molecular weight excluding hydrogens is 515 g/mol. The fourth-order valence-corrected chi connectivity index (χ4v) is 5.49. The van der Waals surface area contributed by atoms with Crippen molar-refractivity contribution in [1.29, 1.82) is 0 Å². The van der Waals surface area contributed by atoms with Crippen molar-refractivity contribution in [3.8, 4) is 11.5 Å². The molecule has 1 heterocycles. The number of halogens is 3. The van der Waals surface area contributed by atoms with Crippen molar-refractivity contribution < 1.29 is 23.5 Å². The van der Waals surface area contributed by atoms with E-state index in [4.69, 9.17) is 21.1 Å². The average Bonchev–Trinajstić information content (AvgIpc) is 3.49. The van der Waals surface area contributed by atoms with Gasteiger partial charge in [0.25, 0.3) is 11.8 Å². The lowest BCUT2D eigenvalue weighted by atomic mass is 9.85. The van der Waals surface area contributed by atoms with Gasteiger partial charge in [0.1, 0.15) is 17.4 Å². The molecule has 3 aliphatic rings. The molecule has 2 fully saturated rings. The first-order valence-electron chi connectivity index (χ1n) is 10.4. The zero-order valence-electron chi connectivity index (χ0n) is 17.5. The van der Waals surface area contributed by atoms with E-state index in [1.807, 2.05) is 12.2 Å². The van der Waals surface area contributed by atoms with Gasteiger partial charge in [-0.05, 0) is 57.9 Å². The molecule has 0 aromatic heterocycles. The first-order valence-corrected chi connectivity index (χ1v) is 11.6. The zero-order valence-corrected chi connectivity index (χ0v) is 19.8. The monoisotopic (exact) mass is 532 g/mol. The Morgan fingerprint density at radius 2 is 1.82 bits per heavy atom. The minimum Gasteiger partial charge on any atom is -0.493 e. The van der Waals surface area contributed by atoms with E-state index in [0.717, 1.165) is 17.0 Å². The topological polar surface area (TPSA) is 68.2 Å². The summed E-state index contributed by atoms with van der Waals surface area (Å²) in [7, 11) is 1.47. The van der Waals surface area contributed by atoms with Gasteiger partial charge in [-0.3, -0.25) is 9.59 Å². The summed E-state index contributed by atoms with van der Waals surface area (Å²) in [4.78, 5) is 25.7. The summed E-state index contributed by atoms with van der Waals surface area (Å²) in [5.41, 5.74) is 1.28. The Morgan fingerprint density at radius 3 is 2.42 bits per heavy atom. The van der Waals surface area contributed by atoms with Crippen LogP contribution in [0.3, 0.4) is 0 Å². The van der Waals surface area contributed by atoms with E-state index < -0.39 is 0 Å². The second-order valence-corrected chi connectivity index (χ2v) is 9.44. The van der Waals surface area contributed by atoms with Gasteiger partial charge >= 0.3 is 0 Å². The van der Waals surface area contributed by atoms with Gasteiger partial charge in [-0.2, -0.15) is 10.1 Å². The summed E-state index contributed by atoms with van der Waals surface area (Å²) in [5.74, 6) is -0.572. The number of hydrogen-bond acceptors (Lipinski definition) is 5. The van der Waals surface area contributed by atoms with Gasteiger partial charge in [-0.1, -0.05) is 35.9 Å². The highest BCUT2D eigenvalue weighted by Gasteiger charge is 2.59. The predicted molar refractivity (Wildman–Crippen MR) is 124 cm³/mol. The molecule has 9 heteroatoms. The van der Waals surface area contributed by atoms with Crippen LogP contribution in [-0.2, 0) is 16.2 Å². The standard InChI is InChI=1S/C24H19BrClFN2O4/c1-32-17-9-15(20(25)21(26)22(17)33-11-12-2-6-16(27)7-3-12)10-28-29-23(30)18-13-4-5-14(8-13)19(18)24(29)31/h2-7,9-10,13-14,18-19H,8,11H2,1H3/t13-,14-,18-,19+/m0/s1. The smallest absolute Gasteiger partial charge is 0.254 e. The lowest BCUT2D eigenvalue weighted by Gasteiger charge is -2.16. The molecule has 1 aliphatic heterocycles. The fourth-order valence-electron chi connectivity index (χ4n) is 4.84. The molecule has 0 N–H and O–H groups in total. The number of rotatable bonds is 6. The summed E-state index contributed by atoms with van der Waals surface area (Å²) >= 11 is 9.96.